The standard InChI is InChI=1S/C15H17ClO5/c1-6(17)4-5-9-7(2)15(20)21-14(9)10-8(3)12(18)11(16)13(10)19/h9,11-12,14,18H,2,4-5H2,1,3H3/t9-,11+,12-,14-/m0/s1. The molecule has 0 aromatic rings. The summed E-state index contributed by atoms with van der Waals surface area (Å²) in [6, 6.07) is 0. The number of Topliss-reactive ketones (excluding diaryl/α,β-unsaturated/α-hetero) is 2. The second-order valence-electron chi connectivity index (χ2n) is 5.51. The fraction of sp³-hybridized carbons (Fsp3) is 0.533. The van der Waals surface area contributed by atoms with E-state index in [1.165, 1.54) is 6.92 Å². The zero-order chi connectivity index (χ0) is 15.9. The zero-order valence-corrected chi connectivity index (χ0v) is 12.6. The first-order valence-electron chi connectivity index (χ1n) is 6.72. The number of esters is 1. The van der Waals surface area contributed by atoms with Gasteiger partial charge in [-0.05, 0) is 25.8 Å². The van der Waals surface area contributed by atoms with E-state index in [0.29, 0.717) is 12.0 Å². The van der Waals surface area contributed by atoms with Gasteiger partial charge in [-0.1, -0.05) is 6.58 Å². The SMILES string of the molecule is C=C1C(=O)O[C@H](C2=C(C)[C@H](O)[C@@H](Cl)C2=O)[C@H]1CCC(C)=O. The van der Waals surface area contributed by atoms with E-state index in [-0.39, 0.29) is 23.4 Å². The molecule has 2 rings (SSSR count). The number of aliphatic hydroxyl groups excluding tert-OH is 1. The zero-order valence-electron chi connectivity index (χ0n) is 11.9. The van der Waals surface area contributed by atoms with Crippen LogP contribution in [0.15, 0.2) is 23.3 Å². The van der Waals surface area contributed by atoms with E-state index in [1.807, 2.05) is 0 Å². The van der Waals surface area contributed by atoms with E-state index < -0.39 is 35.3 Å². The van der Waals surface area contributed by atoms with Gasteiger partial charge >= 0.3 is 5.97 Å². The summed E-state index contributed by atoms with van der Waals surface area (Å²) in [5, 5.41) is 8.82. The molecule has 1 fully saturated rings. The van der Waals surface area contributed by atoms with Crippen molar-refractivity contribution < 1.29 is 24.2 Å². The number of hydrogen-bond acceptors (Lipinski definition) is 5. The van der Waals surface area contributed by atoms with Crippen LogP contribution >= 0.6 is 11.6 Å². The molecule has 1 aliphatic carbocycles. The Hall–Kier alpha value is -1.46. The molecule has 0 aromatic carbocycles. The summed E-state index contributed by atoms with van der Waals surface area (Å²) in [7, 11) is 0. The lowest BCUT2D eigenvalue weighted by Gasteiger charge is -2.18. The molecule has 0 bridgehead atoms. The summed E-state index contributed by atoms with van der Waals surface area (Å²) in [6.45, 7) is 6.74. The minimum absolute atomic E-state index is 0.0143. The summed E-state index contributed by atoms with van der Waals surface area (Å²) >= 11 is 5.87. The molecule has 0 saturated carbocycles. The molecule has 0 aromatic heterocycles. The average Bonchev–Trinajstić information content (AvgIpc) is 2.79. The molecular weight excluding hydrogens is 296 g/mol. The van der Waals surface area contributed by atoms with Crippen molar-refractivity contribution in [3.05, 3.63) is 23.3 Å². The highest BCUT2D eigenvalue weighted by Gasteiger charge is 2.48. The van der Waals surface area contributed by atoms with Gasteiger partial charge in [-0.3, -0.25) is 4.79 Å². The Morgan fingerprint density at radius 2 is 2.05 bits per heavy atom. The minimum atomic E-state index is -1.07. The van der Waals surface area contributed by atoms with Crippen molar-refractivity contribution in [2.75, 3.05) is 0 Å². The highest BCUT2D eigenvalue weighted by Crippen LogP contribution is 2.40. The van der Waals surface area contributed by atoms with Crippen LogP contribution in [0, 0.1) is 5.92 Å². The highest BCUT2D eigenvalue weighted by molar-refractivity contribution is 6.36. The van der Waals surface area contributed by atoms with Gasteiger partial charge in [-0.25, -0.2) is 4.79 Å². The van der Waals surface area contributed by atoms with Crippen LogP contribution in [0.1, 0.15) is 26.7 Å². The average molecular weight is 313 g/mol. The number of carbonyl (C=O) groups is 3. The van der Waals surface area contributed by atoms with Crippen LogP contribution in [0.5, 0.6) is 0 Å². The van der Waals surface area contributed by atoms with Crippen LogP contribution in [-0.4, -0.2) is 40.2 Å². The second-order valence-corrected chi connectivity index (χ2v) is 5.98. The van der Waals surface area contributed by atoms with Gasteiger partial charge in [0.15, 0.2) is 5.78 Å². The molecule has 0 unspecified atom stereocenters. The van der Waals surface area contributed by atoms with Gasteiger partial charge in [0.2, 0.25) is 0 Å². The van der Waals surface area contributed by atoms with Crippen LogP contribution in [0.4, 0.5) is 0 Å². The number of cyclic esters (lactones) is 1. The lowest BCUT2D eigenvalue weighted by atomic mass is 9.86. The highest BCUT2D eigenvalue weighted by atomic mass is 35.5. The monoisotopic (exact) mass is 312 g/mol. The normalized spacial score (nSPS) is 32.9. The van der Waals surface area contributed by atoms with Crippen molar-refractivity contribution in [1.82, 2.24) is 0 Å². The van der Waals surface area contributed by atoms with Crippen LogP contribution in [0.25, 0.3) is 0 Å². The van der Waals surface area contributed by atoms with E-state index in [4.69, 9.17) is 16.3 Å². The molecule has 1 N–H and O–H groups in total. The first-order chi connectivity index (χ1) is 9.75. The maximum atomic E-state index is 12.2. The molecule has 1 aliphatic heterocycles. The van der Waals surface area contributed by atoms with E-state index in [1.54, 1.807) is 6.92 Å². The molecule has 5 nitrogen and oxygen atoms in total. The van der Waals surface area contributed by atoms with E-state index in [0.717, 1.165) is 0 Å². The van der Waals surface area contributed by atoms with Gasteiger partial charge in [0, 0.05) is 23.5 Å². The Morgan fingerprint density at radius 1 is 1.43 bits per heavy atom. The number of halogens is 1. The van der Waals surface area contributed by atoms with Crippen molar-refractivity contribution in [3.8, 4) is 0 Å². The maximum absolute atomic E-state index is 12.2. The van der Waals surface area contributed by atoms with Gasteiger partial charge in [0.05, 0.1) is 6.10 Å². The fourth-order valence-electron chi connectivity index (χ4n) is 2.78. The largest absolute Gasteiger partial charge is 0.453 e. The molecule has 6 heteroatoms. The Balaban J connectivity index is 2.32. The minimum Gasteiger partial charge on any atom is -0.453 e. The molecule has 114 valence electrons. The smallest absolute Gasteiger partial charge is 0.334 e. The molecule has 4 atom stereocenters. The number of alkyl halides is 1. The lowest BCUT2D eigenvalue weighted by molar-refractivity contribution is -0.138. The quantitative estimate of drug-likeness (QED) is 0.481. The third-order valence-corrected chi connectivity index (χ3v) is 4.50. The van der Waals surface area contributed by atoms with Crippen LogP contribution < -0.4 is 0 Å². The first-order valence-corrected chi connectivity index (χ1v) is 7.15. The summed E-state index contributed by atoms with van der Waals surface area (Å²) in [6.07, 6.45) is -1.24. The summed E-state index contributed by atoms with van der Waals surface area (Å²) in [4.78, 5) is 35.1. The number of rotatable bonds is 4. The second kappa shape index (κ2) is 5.73. The van der Waals surface area contributed by atoms with Gasteiger partial charge in [-0.15, -0.1) is 11.6 Å². The van der Waals surface area contributed by atoms with Gasteiger partial charge < -0.3 is 14.6 Å². The molecule has 0 spiro atoms. The van der Waals surface area contributed by atoms with Gasteiger partial charge in [0.25, 0.3) is 0 Å². The number of aliphatic hydroxyl groups is 1. The molecule has 1 heterocycles. The Morgan fingerprint density at radius 3 is 2.52 bits per heavy atom. The predicted molar refractivity (Wildman–Crippen MR) is 75.8 cm³/mol. The molecule has 2 aliphatic rings. The van der Waals surface area contributed by atoms with Crippen LogP contribution in [-0.2, 0) is 19.1 Å². The molecule has 1 saturated heterocycles. The Labute approximate surface area is 127 Å². The number of carbonyl (C=O) groups excluding carboxylic acids is 3. The Bertz CT molecular complexity index is 562. The van der Waals surface area contributed by atoms with Crippen LogP contribution in [0.3, 0.4) is 0 Å². The van der Waals surface area contributed by atoms with Gasteiger partial charge in [-0.2, -0.15) is 0 Å². The van der Waals surface area contributed by atoms with Crippen molar-refractivity contribution in [1.29, 1.82) is 0 Å². The molecule has 0 amide bonds. The molecule has 0 radical (unpaired) electrons. The molecular formula is C15H17ClO5. The number of ether oxygens (including phenoxy) is 1. The summed E-state index contributed by atoms with van der Waals surface area (Å²) < 4.78 is 5.24. The lowest BCUT2D eigenvalue weighted by Crippen LogP contribution is -2.27. The first kappa shape index (κ1) is 15.9. The van der Waals surface area contributed by atoms with Crippen molar-refractivity contribution in [2.24, 2.45) is 5.92 Å². The third-order valence-electron chi connectivity index (χ3n) is 4.06. The van der Waals surface area contributed by atoms with Gasteiger partial charge in [0.1, 0.15) is 17.3 Å². The molecule has 21 heavy (non-hydrogen) atoms. The van der Waals surface area contributed by atoms with Crippen molar-refractivity contribution in [2.45, 2.75) is 44.3 Å². The summed E-state index contributed by atoms with van der Waals surface area (Å²) in [5.41, 5.74) is 0.908. The third kappa shape index (κ3) is 2.68. The van der Waals surface area contributed by atoms with Crippen LogP contribution in [0.2, 0.25) is 0 Å². The summed E-state index contributed by atoms with van der Waals surface area (Å²) in [5.74, 6) is -1.46. The number of hydrogen-bond donors (Lipinski definition) is 1. The van der Waals surface area contributed by atoms with Crippen molar-refractivity contribution >= 4 is 29.1 Å². The topological polar surface area (TPSA) is 80.7 Å². The number of ketones is 2. The Kier molecular flexibility index (Phi) is 4.35. The van der Waals surface area contributed by atoms with E-state index >= 15 is 0 Å². The van der Waals surface area contributed by atoms with E-state index in [9.17, 15) is 19.5 Å². The maximum Gasteiger partial charge on any atom is 0.334 e. The predicted octanol–water partition coefficient (Wildman–Crippen LogP) is 1.32. The van der Waals surface area contributed by atoms with Crippen molar-refractivity contribution in [3.63, 3.8) is 0 Å². The van der Waals surface area contributed by atoms with E-state index in [2.05, 4.69) is 6.58 Å². The fourth-order valence-corrected chi connectivity index (χ4v) is 3.09.